The molecule has 1 saturated heterocycles. The zero-order chi connectivity index (χ0) is 13.2. The third-order valence-electron chi connectivity index (χ3n) is 3.34. The Morgan fingerprint density at radius 2 is 1.79 bits per heavy atom. The van der Waals surface area contributed by atoms with Gasteiger partial charge in [0.25, 0.3) is 0 Å². The lowest BCUT2D eigenvalue weighted by molar-refractivity contribution is -0.137. The van der Waals surface area contributed by atoms with Crippen LogP contribution in [0.3, 0.4) is 0 Å². The quantitative estimate of drug-likeness (QED) is 0.677. The maximum absolute atomic E-state index is 12.4. The molecule has 0 bridgehead atoms. The van der Waals surface area contributed by atoms with Crippen molar-refractivity contribution in [3.8, 4) is 0 Å². The molecule has 0 unspecified atom stereocenters. The minimum absolute atomic E-state index is 0. The van der Waals surface area contributed by atoms with Crippen LogP contribution in [0.15, 0.2) is 0 Å². The van der Waals surface area contributed by atoms with E-state index in [-0.39, 0.29) is 24.2 Å². The van der Waals surface area contributed by atoms with Gasteiger partial charge in [0.1, 0.15) is 0 Å². The Morgan fingerprint density at radius 3 is 2.37 bits per heavy atom. The first-order valence-electron chi connectivity index (χ1n) is 6.77. The number of carbonyl (C=O) groups excluding carboxylic acids is 1. The minimum atomic E-state index is 0. The van der Waals surface area contributed by atoms with Crippen molar-refractivity contribution in [2.24, 2.45) is 5.92 Å². The number of piperidine rings is 1. The van der Waals surface area contributed by atoms with Gasteiger partial charge in [-0.2, -0.15) is 0 Å². The van der Waals surface area contributed by atoms with Crippen LogP contribution in [0.1, 0.15) is 19.3 Å². The van der Waals surface area contributed by atoms with E-state index in [0.29, 0.717) is 19.8 Å². The monoisotopic (exact) mass is 294 g/mol. The van der Waals surface area contributed by atoms with Crippen LogP contribution in [0.25, 0.3) is 0 Å². The van der Waals surface area contributed by atoms with E-state index in [1.54, 1.807) is 14.2 Å². The predicted octanol–water partition coefficient (Wildman–Crippen LogP) is 0.919. The Labute approximate surface area is 122 Å². The Balaban J connectivity index is 0.00000324. The number of halogens is 1. The topological polar surface area (TPSA) is 50.8 Å². The van der Waals surface area contributed by atoms with Gasteiger partial charge in [0.05, 0.1) is 6.61 Å². The zero-order valence-electron chi connectivity index (χ0n) is 12.0. The Morgan fingerprint density at radius 1 is 1.16 bits per heavy atom. The van der Waals surface area contributed by atoms with Crippen molar-refractivity contribution in [2.45, 2.75) is 19.3 Å². The maximum atomic E-state index is 12.4. The van der Waals surface area contributed by atoms with Crippen molar-refractivity contribution in [1.82, 2.24) is 10.2 Å². The van der Waals surface area contributed by atoms with Gasteiger partial charge in [0.2, 0.25) is 5.91 Å². The van der Waals surface area contributed by atoms with E-state index >= 15 is 0 Å². The van der Waals surface area contributed by atoms with Gasteiger partial charge in [0, 0.05) is 39.8 Å². The summed E-state index contributed by atoms with van der Waals surface area (Å²) in [5.74, 6) is 0.468. The van der Waals surface area contributed by atoms with E-state index in [4.69, 9.17) is 9.47 Å². The largest absolute Gasteiger partial charge is 0.385 e. The third-order valence-corrected chi connectivity index (χ3v) is 3.34. The molecule has 0 aromatic carbocycles. The molecule has 1 heterocycles. The summed E-state index contributed by atoms with van der Waals surface area (Å²) in [5, 5.41) is 3.29. The van der Waals surface area contributed by atoms with Crippen LogP contribution in [-0.4, -0.2) is 64.4 Å². The molecular formula is C13H27ClN2O3. The fourth-order valence-electron chi connectivity index (χ4n) is 2.26. The summed E-state index contributed by atoms with van der Waals surface area (Å²) in [4.78, 5) is 14.3. The summed E-state index contributed by atoms with van der Waals surface area (Å²) < 4.78 is 10.1. The lowest BCUT2D eigenvalue weighted by Gasteiger charge is -2.29. The highest BCUT2D eigenvalue weighted by molar-refractivity contribution is 5.85. The highest BCUT2D eigenvalue weighted by Gasteiger charge is 2.25. The number of carbonyl (C=O) groups is 1. The number of methoxy groups -OCH3 is 2. The molecule has 0 atom stereocenters. The first kappa shape index (κ1) is 18.6. The highest BCUT2D eigenvalue weighted by Crippen LogP contribution is 2.15. The van der Waals surface area contributed by atoms with Gasteiger partial charge < -0.3 is 19.7 Å². The standard InChI is InChI=1S/C13H26N2O3.ClH/c1-17-10-3-8-15(9-11-18-2)13(16)12-4-6-14-7-5-12;/h12,14H,3-11H2,1-2H3;1H. The molecule has 0 aromatic heterocycles. The molecule has 0 radical (unpaired) electrons. The van der Waals surface area contributed by atoms with Crippen LogP contribution in [0.4, 0.5) is 0 Å². The summed E-state index contributed by atoms with van der Waals surface area (Å²) in [6.45, 7) is 4.65. The Kier molecular flexibility index (Phi) is 11.2. The van der Waals surface area contributed by atoms with Crippen LogP contribution in [0, 0.1) is 5.92 Å². The Hall–Kier alpha value is -0.360. The van der Waals surface area contributed by atoms with Crippen LogP contribution < -0.4 is 5.32 Å². The molecule has 1 fully saturated rings. The molecule has 19 heavy (non-hydrogen) atoms. The predicted molar refractivity (Wildman–Crippen MR) is 77.8 cm³/mol. The molecule has 1 N–H and O–H groups in total. The SMILES string of the molecule is COCCCN(CCOC)C(=O)C1CCNCC1.Cl. The van der Waals surface area contributed by atoms with Gasteiger partial charge in [0.15, 0.2) is 0 Å². The summed E-state index contributed by atoms with van der Waals surface area (Å²) in [5.41, 5.74) is 0. The van der Waals surface area contributed by atoms with Crippen LogP contribution in [0.5, 0.6) is 0 Å². The number of amides is 1. The molecule has 5 nitrogen and oxygen atoms in total. The summed E-state index contributed by atoms with van der Waals surface area (Å²) >= 11 is 0. The molecule has 0 aromatic rings. The number of rotatable bonds is 8. The maximum Gasteiger partial charge on any atom is 0.225 e. The fraction of sp³-hybridized carbons (Fsp3) is 0.923. The van der Waals surface area contributed by atoms with E-state index in [1.165, 1.54) is 0 Å². The van der Waals surface area contributed by atoms with Crippen LogP contribution in [-0.2, 0) is 14.3 Å². The van der Waals surface area contributed by atoms with Gasteiger partial charge in [-0.3, -0.25) is 4.79 Å². The van der Waals surface area contributed by atoms with Crippen molar-refractivity contribution < 1.29 is 14.3 Å². The van der Waals surface area contributed by atoms with E-state index in [9.17, 15) is 4.79 Å². The van der Waals surface area contributed by atoms with Crippen molar-refractivity contribution in [3.05, 3.63) is 0 Å². The van der Waals surface area contributed by atoms with Gasteiger partial charge in [-0.1, -0.05) is 0 Å². The average Bonchev–Trinajstić information content (AvgIpc) is 2.43. The van der Waals surface area contributed by atoms with Crippen molar-refractivity contribution in [3.63, 3.8) is 0 Å². The normalized spacial score (nSPS) is 15.9. The van der Waals surface area contributed by atoms with Crippen molar-refractivity contribution in [1.29, 1.82) is 0 Å². The third kappa shape index (κ3) is 7.11. The molecule has 0 aliphatic carbocycles. The minimum Gasteiger partial charge on any atom is -0.385 e. The van der Waals surface area contributed by atoms with E-state index in [2.05, 4.69) is 5.32 Å². The summed E-state index contributed by atoms with van der Waals surface area (Å²) in [6, 6.07) is 0. The van der Waals surface area contributed by atoms with E-state index in [1.807, 2.05) is 4.90 Å². The molecule has 0 saturated carbocycles. The van der Waals surface area contributed by atoms with Gasteiger partial charge in [-0.25, -0.2) is 0 Å². The molecule has 1 aliphatic rings. The smallest absolute Gasteiger partial charge is 0.225 e. The molecule has 0 spiro atoms. The van der Waals surface area contributed by atoms with Crippen LogP contribution >= 0.6 is 12.4 Å². The lowest BCUT2D eigenvalue weighted by atomic mass is 9.96. The first-order valence-corrected chi connectivity index (χ1v) is 6.77. The molecule has 6 heteroatoms. The molecular weight excluding hydrogens is 268 g/mol. The second kappa shape index (κ2) is 11.5. The number of nitrogens with zero attached hydrogens (tertiary/aromatic N) is 1. The van der Waals surface area contributed by atoms with Crippen molar-refractivity contribution >= 4 is 18.3 Å². The second-order valence-corrected chi connectivity index (χ2v) is 4.69. The fourth-order valence-corrected chi connectivity index (χ4v) is 2.26. The summed E-state index contributed by atoms with van der Waals surface area (Å²) in [6.07, 6.45) is 2.79. The second-order valence-electron chi connectivity index (χ2n) is 4.69. The first-order chi connectivity index (χ1) is 8.79. The zero-order valence-corrected chi connectivity index (χ0v) is 12.8. The molecule has 1 amide bonds. The molecule has 114 valence electrons. The number of hydrogen-bond acceptors (Lipinski definition) is 4. The highest BCUT2D eigenvalue weighted by atomic mass is 35.5. The van der Waals surface area contributed by atoms with Gasteiger partial charge in [-0.05, 0) is 32.4 Å². The van der Waals surface area contributed by atoms with Crippen LogP contribution in [0.2, 0.25) is 0 Å². The number of hydrogen-bond donors (Lipinski definition) is 1. The van der Waals surface area contributed by atoms with Crippen molar-refractivity contribution in [2.75, 3.05) is 53.6 Å². The number of ether oxygens (including phenoxy) is 2. The lowest BCUT2D eigenvalue weighted by Crippen LogP contribution is -2.43. The van der Waals surface area contributed by atoms with E-state index in [0.717, 1.165) is 38.9 Å². The van der Waals surface area contributed by atoms with Gasteiger partial charge in [-0.15, -0.1) is 12.4 Å². The average molecular weight is 295 g/mol. The summed E-state index contributed by atoms with van der Waals surface area (Å²) in [7, 11) is 3.36. The van der Waals surface area contributed by atoms with Gasteiger partial charge >= 0.3 is 0 Å². The van der Waals surface area contributed by atoms with E-state index < -0.39 is 0 Å². The molecule has 1 rings (SSSR count). The molecule has 1 aliphatic heterocycles. The Bertz CT molecular complexity index is 236. The number of nitrogens with one attached hydrogen (secondary N) is 1.